The minimum atomic E-state index is 0.131. The smallest absolute Gasteiger partial charge is 0.0798 e. The number of nitrogens with one attached hydrogen (secondary N) is 2. The van der Waals surface area contributed by atoms with Crippen molar-refractivity contribution in [1.82, 2.24) is 20.2 Å². The molecule has 2 aliphatic heterocycles. The fourth-order valence-corrected chi connectivity index (χ4v) is 5.40. The number of aromatic amines is 1. The van der Waals surface area contributed by atoms with Gasteiger partial charge in [0.05, 0.1) is 16.7 Å². The highest BCUT2D eigenvalue weighted by Gasteiger charge is 2.41. The van der Waals surface area contributed by atoms with Gasteiger partial charge in [-0.15, -0.1) is 11.3 Å². The van der Waals surface area contributed by atoms with Gasteiger partial charge in [-0.1, -0.05) is 18.2 Å². The van der Waals surface area contributed by atoms with Crippen LogP contribution in [0.5, 0.6) is 0 Å². The van der Waals surface area contributed by atoms with E-state index in [0.717, 1.165) is 32.6 Å². The summed E-state index contributed by atoms with van der Waals surface area (Å²) in [5.74, 6) is 0. The summed E-state index contributed by atoms with van der Waals surface area (Å²) in [7, 11) is 0. The van der Waals surface area contributed by atoms with Gasteiger partial charge in [0.15, 0.2) is 0 Å². The number of piperidine rings is 1. The molecule has 0 radical (unpaired) electrons. The second-order valence-electron chi connectivity index (χ2n) is 7.42. The zero-order valence-corrected chi connectivity index (χ0v) is 15.5. The van der Waals surface area contributed by atoms with Gasteiger partial charge >= 0.3 is 0 Å². The van der Waals surface area contributed by atoms with Crippen molar-refractivity contribution in [3.63, 3.8) is 0 Å². The summed E-state index contributed by atoms with van der Waals surface area (Å²) in [6.07, 6.45) is 3.47. The summed E-state index contributed by atoms with van der Waals surface area (Å²) in [5.41, 5.74) is 7.58. The van der Waals surface area contributed by atoms with E-state index in [1.165, 1.54) is 40.0 Å². The lowest BCUT2D eigenvalue weighted by atomic mass is 9.79. The molecule has 4 heterocycles. The van der Waals surface area contributed by atoms with Crippen molar-refractivity contribution in [3.8, 4) is 0 Å². The molecule has 0 aliphatic carbocycles. The molecule has 1 spiro atoms. The summed E-state index contributed by atoms with van der Waals surface area (Å²) in [5, 5.41) is 5.29. The zero-order chi connectivity index (χ0) is 16.9. The van der Waals surface area contributed by atoms with Crippen LogP contribution in [0.2, 0.25) is 0 Å². The van der Waals surface area contributed by atoms with Gasteiger partial charge in [0.1, 0.15) is 0 Å². The fourth-order valence-electron chi connectivity index (χ4n) is 4.58. The quantitative estimate of drug-likeness (QED) is 0.741. The van der Waals surface area contributed by atoms with Gasteiger partial charge in [-0.2, -0.15) is 0 Å². The van der Waals surface area contributed by atoms with Crippen LogP contribution >= 0.6 is 11.3 Å². The lowest BCUT2D eigenvalue weighted by molar-refractivity contribution is 0.122. The number of aromatic nitrogens is 2. The van der Waals surface area contributed by atoms with Crippen molar-refractivity contribution in [2.24, 2.45) is 0 Å². The number of thiazole rings is 1. The average Bonchev–Trinajstić information content (AvgIpc) is 3.22. The Bertz CT molecular complexity index is 901. The van der Waals surface area contributed by atoms with Crippen LogP contribution in [0.15, 0.2) is 29.8 Å². The molecule has 1 aromatic carbocycles. The van der Waals surface area contributed by atoms with Gasteiger partial charge < -0.3 is 10.3 Å². The number of para-hydroxylation sites is 1. The van der Waals surface area contributed by atoms with E-state index in [0.29, 0.717) is 0 Å². The molecule has 4 nitrogen and oxygen atoms in total. The summed E-state index contributed by atoms with van der Waals surface area (Å²) in [6.45, 7) is 6.53. The van der Waals surface area contributed by atoms with Crippen molar-refractivity contribution in [2.45, 2.75) is 38.3 Å². The number of benzene rings is 1. The Morgan fingerprint density at radius 1 is 1.24 bits per heavy atom. The molecular formula is C20H24N4S. The molecule has 2 aromatic heterocycles. The van der Waals surface area contributed by atoms with E-state index in [1.807, 2.05) is 5.51 Å². The van der Waals surface area contributed by atoms with Gasteiger partial charge in [-0.25, -0.2) is 4.98 Å². The van der Waals surface area contributed by atoms with E-state index in [2.05, 4.69) is 51.4 Å². The van der Waals surface area contributed by atoms with Gasteiger partial charge in [0.25, 0.3) is 0 Å². The van der Waals surface area contributed by atoms with E-state index < -0.39 is 0 Å². The first kappa shape index (κ1) is 15.6. The van der Waals surface area contributed by atoms with Gasteiger partial charge in [0, 0.05) is 47.7 Å². The van der Waals surface area contributed by atoms with Crippen molar-refractivity contribution in [3.05, 3.63) is 51.6 Å². The number of hydrogen-bond donors (Lipinski definition) is 2. The van der Waals surface area contributed by atoms with E-state index in [1.54, 1.807) is 16.9 Å². The summed E-state index contributed by atoms with van der Waals surface area (Å²) < 4.78 is 0. The van der Waals surface area contributed by atoms with E-state index in [4.69, 9.17) is 0 Å². The van der Waals surface area contributed by atoms with Crippen molar-refractivity contribution in [1.29, 1.82) is 0 Å². The Morgan fingerprint density at radius 2 is 2.08 bits per heavy atom. The first-order valence-corrected chi connectivity index (χ1v) is 10.1. The van der Waals surface area contributed by atoms with Gasteiger partial charge in [-0.05, 0) is 37.8 Å². The SMILES string of the molecule is Cc1ncsc1CN1CCC2(CC1)NCCc1c2[nH]c2ccccc12. The standard InChI is InChI=1S/C20H24N4S/c1-14-18(25-13-21-14)12-24-10-7-20(8-11-24)19-16(6-9-22-20)15-4-2-3-5-17(15)23-19/h2-5,13,22-23H,6-12H2,1H3. The molecule has 3 aromatic rings. The van der Waals surface area contributed by atoms with Crippen molar-refractivity contribution < 1.29 is 0 Å². The Balaban J connectivity index is 1.40. The van der Waals surface area contributed by atoms with Crippen LogP contribution in [-0.2, 0) is 18.5 Å². The zero-order valence-electron chi connectivity index (χ0n) is 14.6. The van der Waals surface area contributed by atoms with Gasteiger partial charge in [-0.3, -0.25) is 4.90 Å². The van der Waals surface area contributed by atoms with Crippen molar-refractivity contribution in [2.75, 3.05) is 19.6 Å². The fraction of sp³-hybridized carbons (Fsp3) is 0.450. The molecule has 130 valence electrons. The highest BCUT2D eigenvalue weighted by Crippen LogP contribution is 2.40. The molecule has 25 heavy (non-hydrogen) atoms. The first-order valence-electron chi connectivity index (χ1n) is 9.22. The molecule has 5 heteroatoms. The predicted octanol–water partition coefficient (Wildman–Crippen LogP) is 3.57. The number of rotatable bonds is 2. The molecule has 1 fully saturated rings. The molecule has 0 amide bonds. The maximum absolute atomic E-state index is 4.39. The monoisotopic (exact) mass is 352 g/mol. The normalized spacial score (nSPS) is 20.2. The van der Waals surface area contributed by atoms with Crippen LogP contribution in [0.25, 0.3) is 10.9 Å². The maximum atomic E-state index is 4.39. The summed E-state index contributed by atoms with van der Waals surface area (Å²) >= 11 is 1.79. The maximum Gasteiger partial charge on any atom is 0.0798 e. The third-order valence-corrected chi connectivity index (χ3v) is 6.97. The van der Waals surface area contributed by atoms with E-state index in [-0.39, 0.29) is 5.54 Å². The molecule has 1 saturated heterocycles. The summed E-state index contributed by atoms with van der Waals surface area (Å²) in [4.78, 5) is 12.2. The summed E-state index contributed by atoms with van der Waals surface area (Å²) in [6, 6.07) is 8.77. The number of H-pyrrole nitrogens is 1. The molecule has 0 atom stereocenters. The molecule has 2 N–H and O–H groups in total. The van der Waals surface area contributed by atoms with Crippen LogP contribution in [0.4, 0.5) is 0 Å². The lowest BCUT2D eigenvalue weighted by Gasteiger charge is -2.44. The number of fused-ring (bicyclic) bond motifs is 4. The van der Waals surface area contributed by atoms with Crippen LogP contribution in [0.3, 0.4) is 0 Å². The second kappa shape index (κ2) is 5.94. The average molecular weight is 353 g/mol. The van der Waals surface area contributed by atoms with Crippen LogP contribution < -0.4 is 5.32 Å². The van der Waals surface area contributed by atoms with E-state index >= 15 is 0 Å². The number of likely N-dealkylation sites (tertiary alicyclic amines) is 1. The Kier molecular flexibility index (Phi) is 3.69. The first-order chi connectivity index (χ1) is 12.3. The second-order valence-corrected chi connectivity index (χ2v) is 8.36. The highest BCUT2D eigenvalue weighted by molar-refractivity contribution is 7.09. The van der Waals surface area contributed by atoms with Crippen LogP contribution in [0.1, 0.15) is 34.7 Å². The number of aryl methyl sites for hydroxylation is 1. The molecular weight excluding hydrogens is 328 g/mol. The highest BCUT2D eigenvalue weighted by atomic mass is 32.1. The third kappa shape index (κ3) is 2.53. The van der Waals surface area contributed by atoms with E-state index in [9.17, 15) is 0 Å². The molecule has 0 saturated carbocycles. The van der Waals surface area contributed by atoms with Gasteiger partial charge in [0.2, 0.25) is 0 Å². The topological polar surface area (TPSA) is 44.0 Å². The van der Waals surface area contributed by atoms with Crippen LogP contribution in [-0.4, -0.2) is 34.5 Å². The Labute approximate surface area is 152 Å². The minimum Gasteiger partial charge on any atom is -0.357 e. The largest absolute Gasteiger partial charge is 0.357 e. The predicted molar refractivity (Wildman–Crippen MR) is 103 cm³/mol. The molecule has 0 bridgehead atoms. The lowest BCUT2D eigenvalue weighted by Crippen LogP contribution is -2.54. The molecule has 2 aliphatic rings. The minimum absolute atomic E-state index is 0.131. The Hall–Kier alpha value is -1.69. The van der Waals surface area contributed by atoms with Crippen molar-refractivity contribution >= 4 is 22.2 Å². The van der Waals surface area contributed by atoms with Crippen LogP contribution in [0, 0.1) is 6.92 Å². The molecule has 0 unspecified atom stereocenters. The molecule has 5 rings (SSSR count). The number of hydrogen-bond acceptors (Lipinski definition) is 4. The third-order valence-electron chi connectivity index (χ3n) is 6.05. The Morgan fingerprint density at radius 3 is 2.88 bits per heavy atom. The number of nitrogens with zero attached hydrogens (tertiary/aromatic N) is 2.